The van der Waals surface area contributed by atoms with Crippen molar-refractivity contribution in [1.82, 2.24) is 5.32 Å². The van der Waals surface area contributed by atoms with Gasteiger partial charge in [0.15, 0.2) is 0 Å². The first-order valence-electron chi connectivity index (χ1n) is 6.03. The van der Waals surface area contributed by atoms with Crippen LogP contribution in [0.15, 0.2) is 24.3 Å². The van der Waals surface area contributed by atoms with Crippen LogP contribution in [-0.2, 0) is 16.0 Å². The summed E-state index contributed by atoms with van der Waals surface area (Å²) in [5.41, 5.74) is 1.53. The number of aliphatic carboxylic acids is 2. The molecule has 0 aromatic heterocycles. The number of carbonyl (C=O) groups excluding carboxylic acids is 1. The molecule has 108 valence electrons. The van der Waals surface area contributed by atoms with Crippen molar-refractivity contribution in [3.63, 3.8) is 0 Å². The van der Waals surface area contributed by atoms with Crippen LogP contribution >= 0.6 is 0 Å². The van der Waals surface area contributed by atoms with Crippen LogP contribution in [0.25, 0.3) is 0 Å². The van der Waals surface area contributed by atoms with Crippen molar-refractivity contribution in [3.05, 3.63) is 29.8 Å². The lowest BCUT2D eigenvalue weighted by molar-refractivity contribution is -0.145. The molecule has 4 N–H and O–H groups in total. The van der Waals surface area contributed by atoms with Gasteiger partial charge in [-0.3, -0.25) is 4.79 Å². The number of hydrogen-bond acceptors (Lipinski definition) is 3. The van der Waals surface area contributed by atoms with Gasteiger partial charge < -0.3 is 20.8 Å². The molecule has 1 aromatic carbocycles. The van der Waals surface area contributed by atoms with E-state index in [1.165, 1.54) is 0 Å². The van der Waals surface area contributed by atoms with Crippen molar-refractivity contribution in [2.75, 3.05) is 5.32 Å². The quantitative estimate of drug-likeness (QED) is 0.626. The Bertz CT molecular complexity index is 515. The maximum Gasteiger partial charge on any atom is 0.326 e. The Morgan fingerprint density at radius 1 is 1.25 bits per heavy atom. The lowest BCUT2D eigenvalue weighted by Gasteiger charge is -2.13. The minimum Gasteiger partial charge on any atom is -0.481 e. The number of nitrogens with one attached hydrogen (secondary N) is 2. The number of urea groups is 1. The summed E-state index contributed by atoms with van der Waals surface area (Å²) in [7, 11) is 0. The maximum absolute atomic E-state index is 11.6. The highest BCUT2D eigenvalue weighted by atomic mass is 16.4. The summed E-state index contributed by atoms with van der Waals surface area (Å²) in [4.78, 5) is 32.9. The molecule has 1 unspecified atom stereocenters. The van der Waals surface area contributed by atoms with Gasteiger partial charge in [0.1, 0.15) is 6.04 Å². The van der Waals surface area contributed by atoms with Gasteiger partial charge in [0, 0.05) is 5.69 Å². The second kappa shape index (κ2) is 7.13. The summed E-state index contributed by atoms with van der Waals surface area (Å²) in [5.74, 6) is -2.70. The summed E-state index contributed by atoms with van der Waals surface area (Å²) >= 11 is 0. The van der Waals surface area contributed by atoms with Crippen LogP contribution in [0.3, 0.4) is 0 Å². The molecule has 1 aromatic rings. The van der Waals surface area contributed by atoms with E-state index in [1.54, 1.807) is 18.2 Å². The predicted octanol–water partition coefficient (Wildman–Crippen LogP) is 1.30. The SMILES string of the molecule is CCc1cccc(NC(=O)NC(CC(=O)O)C(=O)O)c1. The summed E-state index contributed by atoms with van der Waals surface area (Å²) in [5, 5.41) is 22.0. The van der Waals surface area contributed by atoms with Crippen LogP contribution in [-0.4, -0.2) is 34.2 Å². The molecule has 1 rings (SSSR count). The normalized spacial score (nSPS) is 11.4. The lowest BCUT2D eigenvalue weighted by Crippen LogP contribution is -2.44. The second-order valence-electron chi connectivity index (χ2n) is 4.14. The number of rotatable bonds is 6. The summed E-state index contributed by atoms with van der Waals surface area (Å²) in [6.45, 7) is 1.96. The Morgan fingerprint density at radius 3 is 2.50 bits per heavy atom. The Hall–Kier alpha value is -2.57. The monoisotopic (exact) mass is 280 g/mol. The van der Waals surface area contributed by atoms with Gasteiger partial charge in [0.25, 0.3) is 0 Å². The molecule has 0 heterocycles. The molecule has 0 bridgehead atoms. The van der Waals surface area contributed by atoms with Crippen molar-refractivity contribution >= 4 is 23.7 Å². The first-order valence-corrected chi connectivity index (χ1v) is 6.03. The molecular weight excluding hydrogens is 264 g/mol. The van der Waals surface area contributed by atoms with Crippen molar-refractivity contribution in [1.29, 1.82) is 0 Å². The van der Waals surface area contributed by atoms with Crippen molar-refractivity contribution in [2.24, 2.45) is 0 Å². The third-order valence-corrected chi connectivity index (χ3v) is 2.58. The van der Waals surface area contributed by atoms with E-state index in [1.807, 2.05) is 13.0 Å². The highest BCUT2D eigenvalue weighted by Crippen LogP contribution is 2.11. The molecule has 0 radical (unpaired) electrons. The molecule has 0 spiro atoms. The van der Waals surface area contributed by atoms with E-state index in [0.717, 1.165) is 12.0 Å². The van der Waals surface area contributed by atoms with Gasteiger partial charge in [-0.15, -0.1) is 0 Å². The molecule has 0 saturated heterocycles. The number of carbonyl (C=O) groups is 3. The van der Waals surface area contributed by atoms with E-state index in [4.69, 9.17) is 10.2 Å². The average Bonchev–Trinajstić information content (AvgIpc) is 2.37. The van der Waals surface area contributed by atoms with E-state index in [9.17, 15) is 14.4 Å². The van der Waals surface area contributed by atoms with E-state index in [0.29, 0.717) is 5.69 Å². The number of benzene rings is 1. The second-order valence-corrected chi connectivity index (χ2v) is 4.14. The fraction of sp³-hybridized carbons (Fsp3) is 0.308. The zero-order chi connectivity index (χ0) is 15.1. The van der Waals surface area contributed by atoms with E-state index in [-0.39, 0.29) is 0 Å². The van der Waals surface area contributed by atoms with Crippen molar-refractivity contribution in [3.8, 4) is 0 Å². The highest BCUT2D eigenvalue weighted by molar-refractivity contribution is 5.93. The molecule has 2 amide bonds. The molecule has 7 nitrogen and oxygen atoms in total. The van der Waals surface area contributed by atoms with Gasteiger partial charge in [-0.2, -0.15) is 0 Å². The Labute approximate surface area is 115 Å². The standard InChI is InChI=1S/C13H16N2O5/c1-2-8-4-3-5-9(6-8)14-13(20)15-10(12(18)19)7-11(16)17/h3-6,10H,2,7H2,1H3,(H,16,17)(H,18,19)(H2,14,15,20). The number of aryl methyl sites for hydroxylation is 1. The van der Waals surface area contributed by atoms with Crippen LogP contribution in [0.1, 0.15) is 18.9 Å². The lowest BCUT2D eigenvalue weighted by atomic mass is 10.1. The van der Waals surface area contributed by atoms with Crippen LogP contribution in [0.2, 0.25) is 0 Å². The molecule has 7 heteroatoms. The number of amides is 2. The molecule has 20 heavy (non-hydrogen) atoms. The number of carboxylic acid groups (broad SMARTS) is 2. The molecule has 0 aliphatic heterocycles. The van der Waals surface area contributed by atoms with Gasteiger partial charge in [-0.05, 0) is 24.1 Å². The molecule has 0 aliphatic carbocycles. The third kappa shape index (κ3) is 4.97. The van der Waals surface area contributed by atoms with Crippen molar-refractivity contribution in [2.45, 2.75) is 25.8 Å². The molecule has 0 fully saturated rings. The van der Waals surface area contributed by atoms with Crippen molar-refractivity contribution < 1.29 is 24.6 Å². The number of carboxylic acids is 2. The van der Waals surface area contributed by atoms with Gasteiger partial charge in [-0.25, -0.2) is 9.59 Å². The fourth-order valence-electron chi connectivity index (χ4n) is 1.57. The zero-order valence-electron chi connectivity index (χ0n) is 10.9. The first kappa shape index (κ1) is 15.5. The highest BCUT2D eigenvalue weighted by Gasteiger charge is 2.22. The Morgan fingerprint density at radius 2 is 1.95 bits per heavy atom. The summed E-state index contributed by atoms with van der Waals surface area (Å²) in [6.07, 6.45) is 0.117. The summed E-state index contributed by atoms with van der Waals surface area (Å²) in [6, 6.07) is 4.85. The Balaban J connectivity index is 2.65. The van der Waals surface area contributed by atoms with Crippen LogP contribution in [0.4, 0.5) is 10.5 Å². The van der Waals surface area contributed by atoms with Gasteiger partial charge in [0.2, 0.25) is 0 Å². The maximum atomic E-state index is 11.6. The molecule has 0 aliphatic rings. The minimum atomic E-state index is -1.47. The van der Waals surface area contributed by atoms with Gasteiger partial charge >= 0.3 is 18.0 Å². The van der Waals surface area contributed by atoms with E-state index >= 15 is 0 Å². The fourth-order valence-corrected chi connectivity index (χ4v) is 1.57. The predicted molar refractivity (Wildman–Crippen MR) is 71.7 cm³/mol. The first-order chi connectivity index (χ1) is 9.42. The topological polar surface area (TPSA) is 116 Å². The van der Waals surface area contributed by atoms with Crippen LogP contribution in [0.5, 0.6) is 0 Å². The summed E-state index contributed by atoms with van der Waals surface area (Å²) < 4.78 is 0. The van der Waals surface area contributed by atoms with Gasteiger partial charge in [0.05, 0.1) is 6.42 Å². The van der Waals surface area contributed by atoms with E-state index in [2.05, 4.69) is 10.6 Å². The molecule has 0 saturated carbocycles. The Kier molecular flexibility index (Phi) is 5.52. The number of hydrogen-bond donors (Lipinski definition) is 4. The van der Waals surface area contributed by atoms with Gasteiger partial charge in [-0.1, -0.05) is 19.1 Å². The average molecular weight is 280 g/mol. The zero-order valence-corrected chi connectivity index (χ0v) is 10.9. The minimum absolute atomic E-state index is 0.515. The number of anilines is 1. The smallest absolute Gasteiger partial charge is 0.326 e. The van der Waals surface area contributed by atoms with Crippen LogP contribution < -0.4 is 10.6 Å². The largest absolute Gasteiger partial charge is 0.481 e. The molecular formula is C13H16N2O5. The van der Waals surface area contributed by atoms with Crippen LogP contribution in [0, 0.1) is 0 Å². The van der Waals surface area contributed by atoms with E-state index < -0.39 is 30.4 Å². The third-order valence-electron chi connectivity index (χ3n) is 2.58. The molecule has 1 atom stereocenters.